The first-order valence-corrected chi connectivity index (χ1v) is 13.9. The zero-order valence-electron chi connectivity index (χ0n) is 14.5. The van der Waals surface area contributed by atoms with Crippen molar-refractivity contribution in [3.63, 3.8) is 0 Å². The summed E-state index contributed by atoms with van der Waals surface area (Å²) in [7, 11) is 6.35. The van der Waals surface area contributed by atoms with Gasteiger partial charge in [-0.2, -0.15) is 0 Å². The van der Waals surface area contributed by atoms with E-state index in [2.05, 4.69) is 0 Å². The summed E-state index contributed by atoms with van der Waals surface area (Å²) in [5.74, 6) is 1.09. The molecular weight excluding hydrogens is 461 g/mol. The average molecular weight is 484 g/mol. The zero-order chi connectivity index (χ0) is 18.3. The van der Waals surface area contributed by atoms with Gasteiger partial charge in [-0.05, 0) is 0 Å². The van der Waals surface area contributed by atoms with Gasteiger partial charge in [0, 0.05) is 0 Å². The van der Waals surface area contributed by atoms with Crippen molar-refractivity contribution >= 4 is 26.4 Å². The second-order valence-corrected chi connectivity index (χ2v) is 14.8. The standard InChI is InChI=1S/C16H23INO6S/c1-21-17(22-2,23-3)25-11-5-10-24-14-7-4-6-13(12-14)18-15(19)8-9-16(18)20/h4,6-7,12H,5,8-11H2,1-3H3/q-1. The predicted molar refractivity (Wildman–Crippen MR) is 91.8 cm³/mol. The van der Waals surface area contributed by atoms with Gasteiger partial charge in [-0.1, -0.05) is 0 Å². The molecule has 2 rings (SSSR count). The molecule has 1 aliphatic rings. The van der Waals surface area contributed by atoms with Gasteiger partial charge < -0.3 is 0 Å². The Balaban J connectivity index is 1.83. The molecular formula is C16H23INO6S-. The molecule has 1 fully saturated rings. The summed E-state index contributed by atoms with van der Waals surface area (Å²) >= 11 is -3.06. The number of hydrogen-bond acceptors (Lipinski definition) is 7. The zero-order valence-corrected chi connectivity index (χ0v) is 17.5. The van der Waals surface area contributed by atoms with Crippen LogP contribution in [-0.2, 0) is 18.8 Å². The molecule has 0 N–H and O–H groups in total. The summed E-state index contributed by atoms with van der Waals surface area (Å²) in [4.78, 5) is 24.8. The van der Waals surface area contributed by atoms with E-state index < -0.39 is 18.3 Å². The van der Waals surface area contributed by atoms with E-state index in [1.807, 2.05) is 6.07 Å². The van der Waals surface area contributed by atoms with Crippen LogP contribution in [0.15, 0.2) is 24.3 Å². The Kier molecular flexibility index (Phi) is 7.94. The van der Waals surface area contributed by atoms with Gasteiger partial charge >= 0.3 is 156 Å². The molecule has 7 nitrogen and oxygen atoms in total. The van der Waals surface area contributed by atoms with E-state index in [0.29, 0.717) is 18.0 Å². The van der Waals surface area contributed by atoms with Crippen molar-refractivity contribution in [2.24, 2.45) is 0 Å². The molecule has 1 aliphatic heterocycles. The van der Waals surface area contributed by atoms with Crippen molar-refractivity contribution in [3.05, 3.63) is 24.3 Å². The van der Waals surface area contributed by atoms with Crippen LogP contribution in [0.25, 0.3) is 0 Å². The van der Waals surface area contributed by atoms with E-state index in [1.54, 1.807) is 48.5 Å². The third kappa shape index (κ3) is 5.30. The van der Waals surface area contributed by atoms with Gasteiger partial charge in [0.2, 0.25) is 0 Å². The van der Waals surface area contributed by atoms with Crippen molar-refractivity contribution in [2.45, 2.75) is 19.3 Å². The number of hydrogen-bond donors (Lipinski definition) is 0. The molecule has 0 atom stereocenters. The summed E-state index contributed by atoms with van der Waals surface area (Å²) < 4.78 is 21.9. The molecule has 9 heteroatoms. The van der Waals surface area contributed by atoms with Crippen LogP contribution in [0.5, 0.6) is 5.75 Å². The molecule has 25 heavy (non-hydrogen) atoms. The number of anilines is 1. The van der Waals surface area contributed by atoms with Gasteiger partial charge in [-0.25, -0.2) is 0 Å². The van der Waals surface area contributed by atoms with Gasteiger partial charge in [0.15, 0.2) is 0 Å². The Bertz CT molecular complexity index is 586. The fourth-order valence-electron chi connectivity index (χ4n) is 2.30. The van der Waals surface area contributed by atoms with Gasteiger partial charge in [-0.15, -0.1) is 0 Å². The molecule has 1 aromatic rings. The number of carbonyl (C=O) groups excluding carboxylic acids is 2. The SMILES string of the molecule is CO[I-](OC)(OC)SCCCOc1cccc(N2C(=O)CCC2=O)c1. The third-order valence-electron chi connectivity index (χ3n) is 3.46. The summed E-state index contributed by atoms with van der Waals surface area (Å²) in [6.07, 6.45) is 1.33. The maximum atomic E-state index is 11.8. The van der Waals surface area contributed by atoms with E-state index in [9.17, 15) is 9.59 Å². The van der Waals surface area contributed by atoms with Crippen LogP contribution in [0.4, 0.5) is 5.69 Å². The van der Waals surface area contributed by atoms with Crippen LogP contribution < -0.4 is 27.9 Å². The number of halogens is 1. The quantitative estimate of drug-likeness (QED) is 0.254. The molecule has 0 aromatic heterocycles. The van der Waals surface area contributed by atoms with E-state index in [0.717, 1.165) is 12.2 Å². The Labute approximate surface area is 155 Å². The van der Waals surface area contributed by atoms with Gasteiger partial charge in [0.05, 0.1) is 0 Å². The van der Waals surface area contributed by atoms with Gasteiger partial charge in [0.1, 0.15) is 0 Å². The van der Waals surface area contributed by atoms with E-state index in [-0.39, 0.29) is 24.7 Å². The number of carbonyl (C=O) groups is 2. The van der Waals surface area contributed by atoms with E-state index in [1.165, 1.54) is 4.90 Å². The fourth-order valence-corrected chi connectivity index (χ4v) is 8.90. The number of amides is 2. The maximum absolute atomic E-state index is 11.8. The molecule has 142 valence electrons. The van der Waals surface area contributed by atoms with E-state index in [4.69, 9.17) is 13.9 Å². The van der Waals surface area contributed by atoms with Gasteiger partial charge in [0.25, 0.3) is 0 Å². The van der Waals surface area contributed by atoms with Crippen LogP contribution in [0.2, 0.25) is 0 Å². The fraction of sp³-hybridized carbons (Fsp3) is 0.500. The first-order valence-electron chi connectivity index (χ1n) is 7.73. The molecule has 0 aliphatic carbocycles. The Morgan fingerprint density at radius 1 is 1.08 bits per heavy atom. The Hall–Kier alpha value is -0.880. The Morgan fingerprint density at radius 2 is 1.72 bits per heavy atom. The number of ether oxygens (including phenoxy) is 1. The van der Waals surface area contributed by atoms with Crippen molar-refractivity contribution in [1.82, 2.24) is 0 Å². The minimum absolute atomic E-state index is 0.167. The van der Waals surface area contributed by atoms with Crippen LogP contribution in [0, 0.1) is 0 Å². The summed E-state index contributed by atoms with van der Waals surface area (Å²) in [5.41, 5.74) is 0.561. The minimum atomic E-state index is -3.06. The van der Waals surface area contributed by atoms with Crippen molar-refractivity contribution in [3.8, 4) is 5.75 Å². The van der Waals surface area contributed by atoms with Crippen molar-refractivity contribution in [1.29, 1.82) is 0 Å². The molecule has 1 heterocycles. The monoisotopic (exact) mass is 484 g/mol. The topological polar surface area (TPSA) is 74.3 Å². The van der Waals surface area contributed by atoms with Crippen LogP contribution >= 0.6 is 8.93 Å². The molecule has 0 bridgehead atoms. The molecule has 0 spiro atoms. The second kappa shape index (κ2) is 9.72. The Morgan fingerprint density at radius 3 is 2.32 bits per heavy atom. The van der Waals surface area contributed by atoms with Crippen molar-refractivity contribution in [2.75, 3.05) is 38.6 Å². The molecule has 0 saturated carbocycles. The summed E-state index contributed by atoms with van der Waals surface area (Å²) in [6, 6.07) is 7.04. The summed E-state index contributed by atoms with van der Waals surface area (Å²) in [5, 5.41) is 0. The van der Waals surface area contributed by atoms with Gasteiger partial charge in [-0.3, -0.25) is 0 Å². The second-order valence-electron chi connectivity index (χ2n) is 4.98. The van der Waals surface area contributed by atoms with Crippen LogP contribution in [0.3, 0.4) is 0 Å². The number of nitrogens with zero attached hydrogens (tertiary/aromatic N) is 1. The van der Waals surface area contributed by atoms with Crippen LogP contribution in [-0.4, -0.2) is 45.5 Å². The number of benzene rings is 1. The molecule has 0 radical (unpaired) electrons. The molecule has 2 amide bonds. The molecule has 1 saturated heterocycles. The first kappa shape index (κ1) is 20.4. The van der Waals surface area contributed by atoms with Crippen molar-refractivity contribution < 1.29 is 41.8 Å². The summed E-state index contributed by atoms with van der Waals surface area (Å²) in [6.45, 7) is 0.507. The average Bonchev–Trinajstić information content (AvgIpc) is 2.97. The van der Waals surface area contributed by atoms with Crippen LogP contribution in [0.1, 0.15) is 19.3 Å². The molecule has 0 unspecified atom stereocenters. The molecule has 1 aromatic carbocycles. The normalized spacial score (nSPS) is 15.7. The number of imide groups is 1. The first-order chi connectivity index (χ1) is 12.0. The predicted octanol–water partition coefficient (Wildman–Crippen LogP) is -0.398. The third-order valence-corrected chi connectivity index (χ3v) is 13.6. The number of rotatable bonds is 10. The van der Waals surface area contributed by atoms with E-state index >= 15 is 0 Å².